The number of aliphatic hydroxyl groups is 1. The molecular formula is C4H6F4O2. The highest BCUT2D eigenvalue weighted by Gasteiger charge is 2.41. The van der Waals surface area contributed by atoms with E-state index in [0.717, 1.165) is 0 Å². The molecule has 62 valence electrons. The average molecular weight is 162 g/mol. The van der Waals surface area contributed by atoms with Crippen LogP contribution >= 0.6 is 0 Å². The van der Waals surface area contributed by atoms with E-state index in [1.54, 1.807) is 0 Å². The topological polar surface area (TPSA) is 29.5 Å². The van der Waals surface area contributed by atoms with Crippen LogP contribution in [-0.4, -0.2) is 30.9 Å². The minimum Gasteiger partial charge on any atom is -0.394 e. The van der Waals surface area contributed by atoms with Crippen molar-refractivity contribution in [2.24, 2.45) is 0 Å². The molecule has 2 nitrogen and oxygen atoms in total. The molecule has 0 aliphatic heterocycles. The Labute approximate surface area is 54.4 Å². The molecule has 0 aliphatic carbocycles. The standard InChI is InChI=1S/C4H6F4O2/c5-3(6)4(7,8)10-2-1-9/h3,9H,1-2H2. The molecule has 0 amide bonds. The van der Waals surface area contributed by atoms with Crippen LogP contribution in [0.1, 0.15) is 0 Å². The van der Waals surface area contributed by atoms with Gasteiger partial charge in [-0.05, 0) is 0 Å². The lowest BCUT2D eigenvalue weighted by atomic mass is 10.6. The second kappa shape index (κ2) is 3.72. The molecule has 0 aromatic heterocycles. The third kappa shape index (κ3) is 2.98. The van der Waals surface area contributed by atoms with Gasteiger partial charge in [0.05, 0.1) is 13.2 Å². The second-order valence-corrected chi connectivity index (χ2v) is 1.43. The predicted molar refractivity (Wildman–Crippen MR) is 24.0 cm³/mol. The van der Waals surface area contributed by atoms with E-state index in [2.05, 4.69) is 4.74 Å². The van der Waals surface area contributed by atoms with E-state index in [1.165, 1.54) is 0 Å². The number of ether oxygens (including phenoxy) is 1. The van der Waals surface area contributed by atoms with E-state index in [0.29, 0.717) is 0 Å². The first-order valence-corrected chi connectivity index (χ1v) is 2.41. The van der Waals surface area contributed by atoms with E-state index in [4.69, 9.17) is 5.11 Å². The zero-order valence-corrected chi connectivity index (χ0v) is 4.86. The first-order valence-electron chi connectivity index (χ1n) is 2.41. The van der Waals surface area contributed by atoms with Gasteiger partial charge in [0, 0.05) is 0 Å². The fraction of sp³-hybridized carbons (Fsp3) is 1.00. The van der Waals surface area contributed by atoms with E-state index < -0.39 is 25.7 Å². The second-order valence-electron chi connectivity index (χ2n) is 1.43. The zero-order chi connectivity index (χ0) is 8.20. The molecule has 0 spiro atoms. The molecule has 0 saturated heterocycles. The van der Waals surface area contributed by atoms with Gasteiger partial charge in [-0.2, -0.15) is 8.78 Å². The zero-order valence-electron chi connectivity index (χ0n) is 4.86. The van der Waals surface area contributed by atoms with Crippen LogP contribution in [0.2, 0.25) is 0 Å². The van der Waals surface area contributed by atoms with Crippen LogP contribution in [0.15, 0.2) is 0 Å². The highest BCUT2D eigenvalue weighted by Crippen LogP contribution is 2.23. The van der Waals surface area contributed by atoms with Gasteiger partial charge in [-0.1, -0.05) is 0 Å². The van der Waals surface area contributed by atoms with Crippen LogP contribution in [-0.2, 0) is 4.74 Å². The van der Waals surface area contributed by atoms with E-state index in [1.807, 2.05) is 0 Å². The number of hydrogen-bond acceptors (Lipinski definition) is 2. The molecule has 0 radical (unpaired) electrons. The number of hydrogen-bond donors (Lipinski definition) is 1. The Balaban J connectivity index is 3.63. The minimum absolute atomic E-state index is 0.706. The predicted octanol–water partition coefficient (Wildman–Crippen LogP) is 0.853. The van der Waals surface area contributed by atoms with Crippen LogP contribution in [0.25, 0.3) is 0 Å². The Morgan fingerprint density at radius 1 is 1.40 bits per heavy atom. The van der Waals surface area contributed by atoms with Crippen LogP contribution < -0.4 is 0 Å². The van der Waals surface area contributed by atoms with Crippen molar-refractivity contribution in [1.29, 1.82) is 0 Å². The van der Waals surface area contributed by atoms with E-state index in [9.17, 15) is 17.6 Å². The molecule has 0 atom stereocenters. The number of alkyl halides is 4. The average Bonchev–Trinajstić information content (AvgIpc) is 1.84. The van der Waals surface area contributed by atoms with Gasteiger partial charge in [0.15, 0.2) is 0 Å². The van der Waals surface area contributed by atoms with Crippen molar-refractivity contribution >= 4 is 0 Å². The van der Waals surface area contributed by atoms with Gasteiger partial charge in [-0.25, -0.2) is 8.78 Å². The van der Waals surface area contributed by atoms with Crippen molar-refractivity contribution in [3.63, 3.8) is 0 Å². The van der Waals surface area contributed by atoms with Crippen molar-refractivity contribution in [2.75, 3.05) is 13.2 Å². The SMILES string of the molecule is OCCOC(F)(F)C(F)F. The van der Waals surface area contributed by atoms with Crippen molar-refractivity contribution in [2.45, 2.75) is 12.5 Å². The summed E-state index contributed by atoms with van der Waals surface area (Å²) in [5.41, 5.74) is 0. The Morgan fingerprint density at radius 2 is 1.90 bits per heavy atom. The third-order valence-corrected chi connectivity index (χ3v) is 0.640. The molecule has 0 heterocycles. The Bertz CT molecular complexity index is 95.3. The molecule has 0 bridgehead atoms. The molecule has 0 aromatic carbocycles. The molecule has 0 unspecified atom stereocenters. The largest absolute Gasteiger partial charge is 0.416 e. The fourth-order valence-electron chi connectivity index (χ4n) is 0.245. The Morgan fingerprint density at radius 3 is 2.20 bits per heavy atom. The molecule has 6 heteroatoms. The summed E-state index contributed by atoms with van der Waals surface area (Å²) >= 11 is 0. The first kappa shape index (κ1) is 9.64. The minimum atomic E-state index is -4.44. The summed E-state index contributed by atoms with van der Waals surface area (Å²) in [5, 5.41) is 7.91. The summed E-state index contributed by atoms with van der Waals surface area (Å²) in [6.07, 6.45) is -8.29. The molecular weight excluding hydrogens is 156 g/mol. The first-order chi connectivity index (χ1) is 4.50. The summed E-state index contributed by atoms with van der Waals surface area (Å²) in [6, 6.07) is 0. The maximum Gasteiger partial charge on any atom is 0.416 e. The molecule has 0 saturated carbocycles. The van der Waals surface area contributed by atoms with E-state index in [-0.39, 0.29) is 0 Å². The van der Waals surface area contributed by atoms with Crippen LogP contribution in [0, 0.1) is 0 Å². The highest BCUT2D eigenvalue weighted by atomic mass is 19.3. The third-order valence-electron chi connectivity index (χ3n) is 0.640. The van der Waals surface area contributed by atoms with E-state index >= 15 is 0 Å². The normalized spacial score (nSPS) is 12.6. The molecule has 0 aromatic rings. The molecule has 10 heavy (non-hydrogen) atoms. The molecule has 0 rings (SSSR count). The summed E-state index contributed by atoms with van der Waals surface area (Å²) in [6.45, 7) is -1.50. The smallest absolute Gasteiger partial charge is 0.394 e. The van der Waals surface area contributed by atoms with Gasteiger partial charge < -0.3 is 9.84 Å². The maximum absolute atomic E-state index is 11.7. The Kier molecular flexibility index (Phi) is 3.59. The van der Waals surface area contributed by atoms with Crippen LogP contribution in [0.5, 0.6) is 0 Å². The summed E-state index contributed by atoms with van der Waals surface area (Å²) in [7, 11) is 0. The summed E-state index contributed by atoms with van der Waals surface area (Å²) in [4.78, 5) is 0. The van der Waals surface area contributed by atoms with Crippen molar-refractivity contribution in [3.8, 4) is 0 Å². The highest BCUT2D eigenvalue weighted by molar-refractivity contribution is 4.53. The van der Waals surface area contributed by atoms with Crippen molar-refractivity contribution in [3.05, 3.63) is 0 Å². The van der Waals surface area contributed by atoms with Gasteiger partial charge >= 0.3 is 12.5 Å². The van der Waals surface area contributed by atoms with Gasteiger partial charge in [-0.15, -0.1) is 0 Å². The van der Waals surface area contributed by atoms with Crippen LogP contribution in [0.4, 0.5) is 17.6 Å². The lowest BCUT2D eigenvalue weighted by Crippen LogP contribution is -2.31. The maximum atomic E-state index is 11.7. The number of aliphatic hydroxyl groups excluding tert-OH is 1. The van der Waals surface area contributed by atoms with Crippen molar-refractivity contribution < 1.29 is 27.4 Å². The van der Waals surface area contributed by atoms with Gasteiger partial charge in [0.2, 0.25) is 0 Å². The summed E-state index contributed by atoms with van der Waals surface area (Å²) < 4.78 is 49.0. The lowest BCUT2D eigenvalue weighted by Gasteiger charge is -2.13. The van der Waals surface area contributed by atoms with Crippen LogP contribution in [0.3, 0.4) is 0 Å². The Hall–Kier alpha value is -0.360. The molecule has 1 N–H and O–H groups in total. The molecule has 0 fully saturated rings. The van der Waals surface area contributed by atoms with Gasteiger partial charge in [0.25, 0.3) is 0 Å². The number of rotatable bonds is 4. The monoisotopic (exact) mass is 162 g/mol. The molecule has 0 aliphatic rings. The summed E-state index contributed by atoms with van der Waals surface area (Å²) in [5.74, 6) is 0. The quantitative estimate of drug-likeness (QED) is 0.621. The van der Waals surface area contributed by atoms with Gasteiger partial charge in [0.1, 0.15) is 0 Å². The van der Waals surface area contributed by atoms with Gasteiger partial charge in [-0.3, -0.25) is 0 Å². The number of halogens is 4. The van der Waals surface area contributed by atoms with Crippen molar-refractivity contribution in [1.82, 2.24) is 0 Å². The fourth-order valence-corrected chi connectivity index (χ4v) is 0.245. The lowest BCUT2D eigenvalue weighted by molar-refractivity contribution is -0.302.